The summed E-state index contributed by atoms with van der Waals surface area (Å²) in [7, 11) is 2.08. The second kappa shape index (κ2) is 7.43. The molecule has 2 aromatic rings. The second-order valence-corrected chi connectivity index (χ2v) is 6.60. The number of anilines is 1. The van der Waals surface area contributed by atoms with Gasteiger partial charge < -0.3 is 20.1 Å². The molecular weight excluding hydrogens is 316 g/mol. The highest BCUT2D eigenvalue weighted by atomic mass is 16.2. The maximum atomic E-state index is 12.3. The van der Waals surface area contributed by atoms with Gasteiger partial charge in [0, 0.05) is 56.2 Å². The number of nitriles is 1. The number of nitrogens with zero attached hydrogens (tertiary/aromatic N) is 4. The van der Waals surface area contributed by atoms with E-state index in [1.165, 1.54) is 0 Å². The molecule has 1 aliphatic heterocycles. The number of urea groups is 1. The zero-order chi connectivity index (χ0) is 17.8. The van der Waals surface area contributed by atoms with Crippen LogP contribution >= 0.6 is 0 Å². The number of H-pyrrole nitrogens is 1. The predicted octanol–water partition coefficient (Wildman–Crippen LogP) is 2.33. The maximum absolute atomic E-state index is 12.3. The van der Waals surface area contributed by atoms with Crippen LogP contribution in [0.3, 0.4) is 0 Å². The fourth-order valence-corrected chi connectivity index (χ4v) is 3.51. The number of likely N-dealkylation sites (tertiary alicyclic amines) is 1. The van der Waals surface area contributed by atoms with Gasteiger partial charge in [0.15, 0.2) is 0 Å². The quantitative estimate of drug-likeness (QED) is 0.836. The number of amides is 2. The van der Waals surface area contributed by atoms with Crippen LogP contribution in [0.15, 0.2) is 24.5 Å². The van der Waals surface area contributed by atoms with E-state index in [9.17, 15) is 4.79 Å². The van der Waals surface area contributed by atoms with Crippen LogP contribution in [0.1, 0.15) is 19.8 Å². The third-order valence-corrected chi connectivity index (χ3v) is 5.03. The van der Waals surface area contributed by atoms with Crippen LogP contribution < -0.4 is 10.2 Å². The average Bonchev–Trinajstić information content (AvgIpc) is 3.10. The summed E-state index contributed by atoms with van der Waals surface area (Å²) in [6, 6.07) is 6.26. The standard InChI is InChI=1S/C18H24N6O/c1-13-6-11-24(18(25)22-8-3-7-19)12-16(13)23(2)15-5-10-21-17-14(15)4-9-20-17/h4-5,9-10,13,16H,3,6,8,11-12H2,1-2H3,(H,20,21)(H,22,25)/t13-,16?/m1/s1. The summed E-state index contributed by atoms with van der Waals surface area (Å²) < 4.78 is 0. The molecule has 25 heavy (non-hydrogen) atoms. The summed E-state index contributed by atoms with van der Waals surface area (Å²) in [5.74, 6) is 0.482. The summed E-state index contributed by atoms with van der Waals surface area (Å²) in [6.45, 7) is 4.06. The Bertz CT molecular complexity index is 779. The number of piperidine rings is 1. The number of aromatic nitrogens is 2. The Morgan fingerprint density at radius 2 is 2.40 bits per heavy atom. The lowest BCUT2D eigenvalue weighted by molar-refractivity contribution is 0.161. The van der Waals surface area contributed by atoms with Crippen LogP contribution in [0.25, 0.3) is 11.0 Å². The van der Waals surface area contributed by atoms with E-state index in [1.54, 1.807) is 0 Å². The van der Waals surface area contributed by atoms with Gasteiger partial charge in [-0.25, -0.2) is 9.78 Å². The van der Waals surface area contributed by atoms with Gasteiger partial charge in [0.2, 0.25) is 0 Å². The first-order valence-electron chi connectivity index (χ1n) is 8.66. The number of likely N-dealkylation sites (N-methyl/N-ethyl adjacent to an activating group) is 1. The molecule has 1 fully saturated rings. The smallest absolute Gasteiger partial charge is 0.317 e. The molecule has 7 heteroatoms. The van der Waals surface area contributed by atoms with Crippen molar-refractivity contribution in [3.8, 4) is 6.07 Å². The van der Waals surface area contributed by atoms with E-state index in [0.29, 0.717) is 25.4 Å². The van der Waals surface area contributed by atoms with Crippen LogP contribution in [0, 0.1) is 17.2 Å². The minimum Gasteiger partial charge on any atom is -0.369 e. The summed E-state index contributed by atoms with van der Waals surface area (Å²) in [5, 5.41) is 12.5. The lowest BCUT2D eigenvalue weighted by Crippen LogP contribution is -2.54. The zero-order valence-electron chi connectivity index (χ0n) is 14.7. The Balaban J connectivity index is 1.74. The van der Waals surface area contributed by atoms with E-state index >= 15 is 0 Å². The molecule has 2 aromatic heterocycles. The molecule has 2 atom stereocenters. The first-order chi connectivity index (χ1) is 12.1. The van der Waals surface area contributed by atoms with Gasteiger partial charge >= 0.3 is 6.03 Å². The van der Waals surface area contributed by atoms with Gasteiger partial charge in [0.25, 0.3) is 0 Å². The van der Waals surface area contributed by atoms with Gasteiger partial charge in [-0.1, -0.05) is 6.92 Å². The van der Waals surface area contributed by atoms with Crippen molar-refractivity contribution < 1.29 is 4.79 Å². The summed E-state index contributed by atoms with van der Waals surface area (Å²) in [4.78, 5) is 23.9. The van der Waals surface area contributed by atoms with Crippen LogP contribution in [-0.2, 0) is 0 Å². The largest absolute Gasteiger partial charge is 0.369 e. The topological polar surface area (TPSA) is 88.1 Å². The van der Waals surface area contributed by atoms with Gasteiger partial charge in [0.05, 0.1) is 12.5 Å². The molecular formula is C18H24N6O. The van der Waals surface area contributed by atoms with E-state index in [1.807, 2.05) is 35.5 Å². The lowest BCUT2D eigenvalue weighted by Gasteiger charge is -2.42. The Kier molecular flexibility index (Phi) is 5.08. The monoisotopic (exact) mass is 340 g/mol. The number of aromatic amines is 1. The number of nitrogens with one attached hydrogen (secondary N) is 2. The number of pyridine rings is 1. The van der Waals surface area contributed by atoms with Crippen molar-refractivity contribution in [1.82, 2.24) is 20.2 Å². The number of hydrogen-bond acceptors (Lipinski definition) is 4. The van der Waals surface area contributed by atoms with Crippen molar-refractivity contribution in [2.24, 2.45) is 5.92 Å². The van der Waals surface area contributed by atoms with Gasteiger partial charge in [-0.05, 0) is 24.5 Å². The van der Waals surface area contributed by atoms with Gasteiger partial charge in [-0.15, -0.1) is 0 Å². The Hall–Kier alpha value is -2.75. The minimum atomic E-state index is -0.0814. The van der Waals surface area contributed by atoms with Crippen molar-refractivity contribution in [1.29, 1.82) is 5.26 Å². The number of hydrogen-bond donors (Lipinski definition) is 2. The lowest BCUT2D eigenvalue weighted by atomic mass is 9.92. The molecule has 2 amide bonds. The summed E-state index contributed by atoms with van der Waals surface area (Å²) in [5.41, 5.74) is 1.99. The normalized spacial score (nSPS) is 20.3. The van der Waals surface area contributed by atoms with E-state index < -0.39 is 0 Å². The highest BCUT2D eigenvalue weighted by Gasteiger charge is 2.32. The van der Waals surface area contributed by atoms with Crippen LogP contribution in [-0.4, -0.2) is 53.6 Å². The van der Waals surface area contributed by atoms with E-state index in [0.717, 1.165) is 29.7 Å². The molecule has 3 rings (SSSR count). The molecule has 1 unspecified atom stereocenters. The van der Waals surface area contributed by atoms with E-state index in [2.05, 4.69) is 34.2 Å². The van der Waals surface area contributed by atoms with Crippen LogP contribution in [0.4, 0.5) is 10.5 Å². The molecule has 0 spiro atoms. The van der Waals surface area contributed by atoms with Crippen molar-refractivity contribution in [2.75, 3.05) is 31.6 Å². The molecule has 7 nitrogen and oxygen atoms in total. The summed E-state index contributed by atoms with van der Waals surface area (Å²) in [6.07, 6.45) is 5.00. The molecule has 2 N–H and O–H groups in total. The molecule has 0 aliphatic carbocycles. The summed E-state index contributed by atoms with van der Waals surface area (Å²) >= 11 is 0. The Morgan fingerprint density at radius 3 is 3.20 bits per heavy atom. The van der Waals surface area contributed by atoms with Crippen molar-refractivity contribution >= 4 is 22.8 Å². The first kappa shape index (κ1) is 17.1. The highest BCUT2D eigenvalue weighted by Crippen LogP contribution is 2.30. The first-order valence-corrected chi connectivity index (χ1v) is 8.66. The van der Waals surface area contributed by atoms with Crippen molar-refractivity contribution in [3.63, 3.8) is 0 Å². The minimum absolute atomic E-state index is 0.0814. The second-order valence-electron chi connectivity index (χ2n) is 6.60. The number of carbonyl (C=O) groups excluding carboxylic acids is 1. The predicted molar refractivity (Wildman–Crippen MR) is 97.3 cm³/mol. The molecule has 0 radical (unpaired) electrons. The van der Waals surface area contributed by atoms with E-state index in [-0.39, 0.29) is 12.1 Å². The van der Waals surface area contributed by atoms with Crippen LogP contribution in [0.2, 0.25) is 0 Å². The van der Waals surface area contributed by atoms with Gasteiger partial charge in [-0.3, -0.25) is 0 Å². The molecule has 1 saturated heterocycles. The molecule has 132 valence electrons. The van der Waals surface area contributed by atoms with Crippen molar-refractivity contribution in [3.05, 3.63) is 24.5 Å². The van der Waals surface area contributed by atoms with E-state index in [4.69, 9.17) is 5.26 Å². The zero-order valence-corrected chi connectivity index (χ0v) is 14.7. The van der Waals surface area contributed by atoms with Gasteiger partial charge in [0.1, 0.15) is 5.65 Å². The maximum Gasteiger partial charge on any atom is 0.317 e. The third-order valence-electron chi connectivity index (χ3n) is 5.03. The highest BCUT2D eigenvalue weighted by molar-refractivity contribution is 5.89. The third kappa shape index (κ3) is 3.53. The van der Waals surface area contributed by atoms with Gasteiger partial charge in [-0.2, -0.15) is 5.26 Å². The number of rotatable bonds is 4. The molecule has 0 saturated carbocycles. The Labute approximate surface area is 147 Å². The molecule has 3 heterocycles. The molecule has 0 bridgehead atoms. The fourth-order valence-electron chi connectivity index (χ4n) is 3.51. The Morgan fingerprint density at radius 1 is 1.56 bits per heavy atom. The number of fused-ring (bicyclic) bond motifs is 1. The average molecular weight is 340 g/mol. The molecule has 1 aliphatic rings. The molecule has 0 aromatic carbocycles. The van der Waals surface area contributed by atoms with Crippen molar-refractivity contribution in [2.45, 2.75) is 25.8 Å². The SMILES string of the molecule is C[C@@H]1CCN(C(=O)NCCC#N)CC1N(C)c1ccnc2[nH]ccc12. The number of carbonyl (C=O) groups is 1. The van der Waals surface area contributed by atoms with Crippen LogP contribution in [0.5, 0.6) is 0 Å². The fraction of sp³-hybridized carbons (Fsp3) is 0.500.